The number of rotatable bonds is 5. The number of pyridine rings is 1. The number of hydrogen-bond donors (Lipinski definition) is 2. The van der Waals surface area contributed by atoms with E-state index in [1.54, 1.807) is 12.1 Å². The second-order valence-corrected chi connectivity index (χ2v) is 5.63. The molecule has 0 bridgehead atoms. The van der Waals surface area contributed by atoms with Gasteiger partial charge in [-0.05, 0) is 29.7 Å². The van der Waals surface area contributed by atoms with Gasteiger partial charge in [-0.25, -0.2) is 4.98 Å². The summed E-state index contributed by atoms with van der Waals surface area (Å²) in [6.07, 6.45) is 0.497. The van der Waals surface area contributed by atoms with Gasteiger partial charge < -0.3 is 10.4 Å². The maximum atomic E-state index is 13.0. The van der Waals surface area contributed by atoms with Crippen LogP contribution in [0.25, 0.3) is 0 Å². The predicted octanol–water partition coefficient (Wildman–Crippen LogP) is 2.05. The molecule has 0 fully saturated rings. The first-order valence-electron chi connectivity index (χ1n) is 7.54. The molecule has 0 radical (unpaired) electrons. The molecule has 0 aliphatic carbocycles. The summed E-state index contributed by atoms with van der Waals surface area (Å²) in [7, 11) is 0. The summed E-state index contributed by atoms with van der Waals surface area (Å²) in [5.41, 5.74) is 2.73. The third-order valence-corrected chi connectivity index (χ3v) is 3.91. The minimum absolute atomic E-state index is 0.356. The summed E-state index contributed by atoms with van der Waals surface area (Å²) < 4.78 is 13.0. The van der Waals surface area contributed by atoms with E-state index < -0.39 is 12.1 Å². The number of hydrogen-bond acceptors (Lipinski definition) is 4. The molecule has 22 heavy (non-hydrogen) atoms. The fourth-order valence-corrected chi connectivity index (χ4v) is 2.80. The predicted molar refractivity (Wildman–Crippen MR) is 84.1 cm³/mol. The minimum Gasteiger partial charge on any atom is -0.390 e. The van der Waals surface area contributed by atoms with Crippen LogP contribution in [0, 0.1) is 5.95 Å². The number of fused-ring (bicyclic) bond motifs is 1. The van der Waals surface area contributed by atoms with Crippen LogP contribution in [0.3, 0.4) is 0 Å². The lowest BCUT2D eigenvalue weighted by Gasteiger charge is -2.30. The van der Waals surface area contributed by atoms with Crippen molar-refractivity contribution >= 4 is 5.82 Å². The molecule has 1 aromatic heterocycles. The zero-order chi connectivity index (χ0) is 15.4. The third kappa shape index (κ3) is 3.81. The molecule has 0 unspecified atom stereocenters. The van der Waals surface area contributed by atoms with Crippen molar-refractivity contribution in [3.8, 4) is 0 Å². The Bertz CT molecular complexity index is 635. The number of β-amino-alcohol motifs (C(OH)–C–C–N with tert-alkyl or cyclic N) is 1. The second-order valence-electron chi connectivity index (χ2n) is 5.63. The van der Waals surface area contributed by atoms with Crippen LogP contribution in [-0.4, -0.2) is 40.7 Å². The summed E-state index contributed by atoms with van der Waals surface area (Å²) in [4.78, 5) is 5.96. The summed E-state index contributed by atoms with van der Waals surface area (Å²) >= 11 is 0. The molecule has 3 rings (SSSR count). The Morgan fingerprint density at radius 2 is 2.00 bits per heavy atom. The monoisotopic (exact) mass is 301 g/mol. The number of aliphatic hydroxyl groups excluding tert-OH is 1. The van der Waals surface area contributed by atoms with E-state index in [0.29, 0.717) is 18.9 Å². The molecule has 2 heterocycles. The first-order chi connectivity index (χ1) is 10.7. The molecular formula is C17H20FN3O. The van der Waals surface area contributed by atoms with Gasteiger partial charge in [-0.3, -0.25) is 4.90 Å². The summed E-state index contributed by atoms with van der Waals surface area (Å²) in [6, 6.07) is 13.0. The number of aromatic nitrogens is 1. The molecule has 4 nitrogen and oxygen atoms in total. The molecule has 2 N–H and O–H groups in total. The van der Waals surface area contributed by atoms with E-state index in [1.165, 1.54) is 17.2 Å². The first kappa shape index (κ1) is 14.9. The largest absolute Gasteiger partial charge is 0.390 e. The van der Waals surface area contributed by atoms with Gasteiger partial charge in [0.1, 0.15) is 5.82 Å². The van der Waals surface area contributed by atoms with E-state index in [0.717, 1.165) is 19.5 Å². The average molecular weight is 301 g/mol. The van der Waals surface area contributed by atoms with Gasteiger partial charge in [0, 0.05) is 26.2 Å². The number of nitrogens with zero attached hydrogens (tertiary/aromatic N) is 2. The van der Waals surface area contributed by atoms with Crippen LogP contribution in [0.2, 0.25) is 0 Å². The quantitative estimate of drug-likeness (QED) is 0.830. The maximum Gasteiger partial charge on any atom is 0.214 e. The Morgan fingerprint density at radius 1 is 1.18 bits per heavy atom. The summed E-state index contributed by atoms with van der Waals surface area (Å²) in [6.45, 7) is 2.77. The van der Waals surface area contributed by atoms with E-state index in [9.17, 15) is 9.50 Å². The molecule has 0 saturated carbocycles. The topological polar surface area (TPSA) is 48.4 Å². The van der Waals surface area contributed by atoms with Crippen LogP contribution in [0.4, 0.5) is 10.2 Å². The number of halogens is 1. The van der Waals surface area contributed by atoms with Gasteiger partial charge in [-0.15, -0.1) is 0 Å². The van der Waals surface area contributed by atoms with Gasteiger partial charge >= 0.3 is 0 Å². The van der Waals surface area contributed by atoms with Crippen molar-refractivity contribution in [1.82, 2.24) is 9.88 Å². The Labute approximate surface area is 129 Å². The van der Waals surface area contributed by atoms with Gasteiger partial charge in [-0.1, -0.05) is 30.3 Å². The Balaban J connectivity index is 1.49. The van der Waals surface area contributed by atoms with E-state index in [2.05, 4.69) is 39.5 Å². The molecule has 0 spiro atoms. The second kappa shape index (κ2) is 6.85. The van der Waals surface area contributed by atoms with Gasteiger partial charge in [-0.2, -0.15) is 4.39 Å². The molecule has 5 heteroatoms. The lowest BCUT2D eigenvalue weighted by molar-refractivity contribution is 0.114. The van der Waals surface area contributed by atoms with E-state index >= 15 is 0 Å². The third-order valence-electron chi connectivity index (χ3n) is 3.91. The Kier molecular flexibility index (Phi) is 4.65. The fraction of sp³-hybridized carbons (Fsp3) is 0.353. The van der Waals surface area contributed by atoms with Crippen molar-refractivity contribution in [3.05, 3.63) is 59.5 Å². The lowest BCUT2D eigenvalue weighted by Crippen LogP contribution is -2.39. The fourth-order valence-electron chi connectivity index (χ4n) is 2.80. The zero-order valence-electron chi connectivity index (χ0n) is 12.4. The lowest BCUT2D eigenvalue weighted by atomic mass is 10.00. The smallest absolute Gasteiger partial charge is 0.214 e. The highest BCUT2D eigenvalue weighted by molar-refractivity contribution is 5.33. The molecular weight excluding hydrogens is 281 g/mol. The van der Waals surface area contributed by atoms with Gasteiger partial charge in [0.25, 0.3) is 0 Å². The van der Waals surface area contributed by atoms with Crippen molar-refractivity contribution in [1.29, 1.82) is 0 Å². The number of benzene rings is 1. The molecule has 1 aliphatic heterocycles. The van der Waals surface area contributed by atoms with Crippen LogP contribution in [0.5, 0.6) is 0 Å². The molecule has 0 amide bonds. The highest BCUT2D eigenvalue weighted by Gasteiger charge is 2.18. The molecule has 1 aliphatic rings. The van der Waals surface area contributed by atoms with Crippen molar-refractivity contribution in [3.63, 3.8) is 0 Å². The normalized spacial score (nSPS) is 16.1. The molecule has 2 aromatic rings. The number of aliphatic hydroxyl groups is 1. The molecule has 0 saturated heterocycles. The Morgan fingerprint density at radius 3 is 2.82 bits per heavy atom. The molecule has 1 atom stereocenters. The standard InChI is InChI=1S/C17H20FN3O/c18-16-6-3-7-17(20-16)19-10-15(22)12-21-9-8-13-4-1-2-5-14(13)11-21/h1-7,15,22H,8-12H2,(H,19,20)/t15-/m1/s1. The molecule has 1 aromatic carbocycles. The van der Waals surface area contributed by atoms with Crippen LogP contribution >= 0.6 is 0 Å². The maximum absolute atomic E-state index is 13.0. The number of anilines is 1. The van der Waals surface area contributed by atoms with E-state index in [1.807, 2.05) is 0 Å². The van der Waals surface area contributed by atoms with Crippen LogP contribution < -0.4 is 5.32 Å². The average Bonchev–Trinajstić information content (AvgIpc) is 2.53. The molecule has 116 valence electrons. The van der Waals surface area contributed by atoms with E-state index in [4.69, 9.17) is 0 Å². The Hall–Kier alpha value is -1.98. The number of nitrogens with one attached hydrogen (secondary N) is 1. The van der Waals surface area contributed by atoms with Gasteiger partial charge in [0.2, 0.25) is 5.95 Å². The van der Waals surface area contributed by atoms with Crippen molar-refractivity contribution < 1.29 is 9.50 Å². The first-order valence-corrected chi connectivity index (χ1v) is 7.54. The summed E-state index contributed by atoms with van der Waals surface area (Å²) in [5.74, 6) is -0.0739. The van der Waals surface area contributed by atoms with Gasteiger partial charge in [0.05, 0.1) is 6.10 Å². The van der Waals surface area contributed by atoms with Gasteiger partial charge in [0.15, 0.2) is 0 Å². The summed E-state index contributed by atoms with van der Waals surface area (Å²) in [5, 5.41) is 13.1. The van der Waals surface area contributed by atoms with Crippen molar-refractivity contribution in [2.24, 2.45) is 0 Å². The van der Waals surface area contributed by atoms with Crippen LogP contribution in [-0.2, 0) is 13.0 Å². The zero-order valence-corrected chi connectivity index (χ0v) is 12.4. The highest BCUT2D eigenvalue weighted by Crippen LogP contribution is 2.18. The van der Waals surface area contributed by atoms with E-state index in [-0.39, 0.29) is 0 Å². The van der Waals surface area contributed by atoms with Crippen molar-refractivity contribution in [2.45, 2.75) is 19.1 Å². The van der Waals surface area contributed by atoms with Crippen molar-refractivity contribution in [2.75, 3.05) is 25.0 Å². The highest BCUT2D eigenvalue weighted by atomic mass is 19.1. The van der Waals surface area contributed by atoms with Crippen LogP contribution in [0.1, 0.15) is 11.1 Å². The SMILES string of the molecule is O[C@H](CNc1cccc(F)n1)CN1CCc2ccccc2C1. The minimum atomic E-state index is -0.521. The van der Waals surface area contributed by atoms with Crippen LogP contribution in [0.15, 0.2) is 42.5 Å².